The van der Waals surface area contributed by atoms with Crippen LogP contribution in [0.2, 0.25) is 0 Å². The molecule has 0 bridgehead atoms. The Kier molecular flexibility index (Phi) is 4.42. The first-order chi connectivity index (χ1) is 9.94. The van der Waals surface area contributed by atoms with E-state index in [1.807, 2.05) is 0 Å². The van der Waals surface area contributed by atoms with E-state index in [2.05, 4.69) is 9.71 Å². The summed E-state index contributed by atoms with van der Waals surface area (Å²) in [6.45, 7) is 3.67. The van der Waals surface area contributed by atoms with Gasteiger partial charge in [0.15, 0.2) is 11.6 Å². The summed E-state index contributed by atoms with van der Waals surface area (Å²) in [5, 5.41) is 0. The van der Waals surface area contributed by atoms with Crippen LogP contribution in [-0.2, 0) is 10.0 Å². The number of pyridine rings is 1. The minimum atomic E-state index is -3.85. The molecule has 0 aliphatic carbocycles. The van der Waals surface area contributed by atoms with Crippen molar-refractivity contribution in [3.05, 3.63) is 47.9 Å². The van der Waals surface area contributed by atoms with E-state index in [0.29, 0.717) is 5.56 Å². The fourth-order valence-electron chi connectivity index (χ4n) is 1.70. The largest absolute Gasteiger partial charge is 0.491 e. The molecule has 7 heteroatoms. The van der Waals surface area contributed by atoms with Gasteiger partial charge >= 0.3 is 0 Å². The number of ether oxygens (including phenoxy) is 1. The molecule has 1 heterocycles. The predicted molar refractivity (Wildman–Crippen MR) is 77.4 cm³/mol. The summed E-state index contributed by atoms with van der Waals surface area (Å²) in [5.41, 5.74) is 0.688. The van der Waals surface area contributed by atoms with Gasteiger partial charge in [0.2, 0.25) is 0 Å². The van der Waals surface area contributed by atoms with Crippen LogP contribution in [0.15, 0.2) is 41.4 Å². The van der Waals surface area contributed by atoms with Gasteiger partial charge in [-0.2, -0.15) is 0 Å². The number of halogens is 1. The van der Waals surface area contributed by atoms with Crippen LogP contribution < -0.4 is 9.46 Å². The quantitative estimate of drug-likeness (QED) is 0.922. The van der Waals surface area contributed by atoms with Crippen LogP contribution in [-0.4, -0.2) is 20.0 Å². The number of hydrogen-bond donors (Lipinski definition) is 1. The lowest BCUT2D eigenvalue weighted by Gasteiger charge is -2.11. The Morgan fingerprint density at radius 3 is 2.76 bits per heavy atom. The number of sulfonamides is 1. The van der Waals surface area contributed by atoms with Gasteiger partial charge in [-0.1, -0.05) is 6.07 Å². The van der Waals surface area contributed by atoms with E-state index >= 15 is 0 Å². The minimum Gasteiger partial charge on any atom is -0.491 e. The highest BCUT2D eigenvalue weighted by Gasteiger charge is 2.18. The standard InChI is InChI=1S/C14H15FN2O3S/c1-3-20-13-9-11(6-7-12(13)15)21(18,19)17-14-10(2)5-4-8-16-14/h4-9H,3H2,1-2H3,(H,16,17). The molecule has 1 N–H and O–H groups in total. The second-order valence-electron chi connectivity index (χ2n) is 4.30. The second-order valence-corrected chi connectivity index (χ2v) is 5.98. The summed E-state index contributed by atoms with van der Waals surface area (Å²) in [7, 11) is -3.85. The predicted octanol–water partition coefficient (Wildman–Crippen LogP) is 2.73. The lowest BCUT2D eigenvalue weighted by Crippen LogP contribution is -2.15. The van der Waals surface area contributed by atoms with Gasteiger partial charge in [0.1, 0.15) is 5.82 Å². The fraction of sp³-hybridized carbons (Fsp3) is 0.214. The number of anilines is 1. The Bertz CT molecular complexity index is 748. The van der Waals surface area contributed by atoms with Crippen molar-refractivity contribution in [2.24, 2.45) is 0 Å². The molecule has 1 aromatic heterocycles. The zero-order valence-electron chi connectivity index (χ0n) is 11.6. The lowest BCUT2D eigenvalue weighted by molar-refractivity contribution is 0.320. The van der Waals surface area contributed by atoms with Crippen LogP contribution in [0.3, 0.4) is 0 Å². The van der Waals surface area contributed by atoms with E-state index < -0.39 is 15.8 Å². The van der Waals surface area contributed by atoms with E-state index in [1.54, 1.807) is 26.0 Å². The van der Waals surface area contributed by atoms with Crippen LogP contribution >= 0.6 is 0 Å². The van der Waals surface area contributed by atoms with Crippen LogP contribution in [0, 0.1) is 12.7 Å². The third-order valence-corrected chi connectivity index (χ3v) is 4.09. The molecule has 0 saturated heterocycles. The molecule has 112 valence electrons. The van der Waals surface area contributed by atoms with Crippen LogP contribution in [0.25, 0.3) is 0 Å². The highest BCUT2D eigenvalue weighted by Crippen LogP contribution is 2.23. The van der Waals surface area contributed by atoms with Crippen LogP contribution in [0.4, 0.5) is 10.2 Å². The molecular formula is C14H15FN2O3S. The number of rotatable bonds is 5. The van der Waals surface area contributed by atoms with Gasteiger partial charge in [-0.3, -0.25) is 4.72 Å². The Labute approximate surface area is 122 Å². The molecule has 0 saturated carbocycles. The maximum atomic E-state index is 13.5. The first-order valence-electron chi connectivity index (χ1n) is 6.31. The maximum absolute atomic E-state index is 13.5. The van der Waals surface area contributed by atoms with Crippen LogP contribution in [0.1, 0.15) is 12.5 Å². The number of nitrogens with zero attached hydrogens (tertiary/aromatic N) is 1. The van der Waals surface area contributed by atoms with Gasteiger partial charge in [-0.25, -0.2) is 17.8 Å². The summed E-state index contributed by atoms with van der Waals surface area (Å²) < 4.78 is 45.5. The SMILES string of the molecule is CCOc1cc(S(=O)(=O)Nc2ncccc2C)ccc1F. The summed E-state index contributed by atoms with van der Waals surface area (Å²) >= 11 is 0. The topological polar surface area (TPSA) is 68.3 Å². The summed E-state index contributed by atoms with van der Waals surface area (Å²) in [6, 6.07) is 6.84. The monoisotopic (exact) mass is 310 g/mol. The highest BCUT2D eigenvalue weighted by atomic mass is 32.2. The normalized spacial score (nSPS) is 11.2. The van der Waals surface area contributed by atoms with E-state index in [1.165, 1.54) is 12.3 Å². The van der Waals surface area contributed by atoms with E-state index in [9.17, 15) is 12.8 Å². The first-order valence-corrected chi connectivity index (χ1v) is 7.79. The zero-order valence-corrected chi connectivity index (χ0v) is 12.4. The summed E-state index contributed by atoms with van der Waals surface area (Å²) in [6.07, 6.45) is 1.49. The molecule has 0 radical (unpaired) electrons. The molecule has 0 atom stereocenters. The van der Waals surface area contributed by atoms with E-state index in [0.717, 1.165) is 12.1 Å². The molecule has 0 fully saturated rings. The Hall–Kier alpha value is -2.15. The number of nitrogens with one attached hydrogen (secondary N) is 1. The van der Waals surface area contributed by atoms with Gasteiger partial charge in [0, 0.05) is 12.3 Å². The second kappa shape index (κ2) is 6.09. The van der Waals surface area contributed by atoms with Crippen molar-refractivity contribution in [3.8, 4) is 5.75 Å². The van der Waals surface area contributed by atoms with Crippen LogP contribution in [0.5, 0.6) is 5.75 Å². The number of aryl methyl sites for hydroxylation is 1. The lowest BCUT2D eigenvalue weighted by atomic mass is 10.3. The average molecular weight is 310 g/mol. The van der Waals surface area contributed by atoms with Gasteiger partial charge in [-0.05, 0) is 37.6 Å². The molecule has 21 heavy (non-hydrogen) atoms. The molecule has 0 unspecified atom stereocenters. The Morgan fingerprint density at radius 2 is 2.10 bits per heavy atom. The zero-order chi connectivity index (χ0) is 15.5. The first kappa shape index (κ1) is 15.2. The van der Waals surface area contributed by atoms with Crippen molar-refractivity contribution in [1.29, 1.82) is 0 Å². The number of aromatic nitrogens is 1. The molecule has 0 amide bonds. The van der Waals surface area contributed by atoms with Crippen molar-refractivity contribution in [3.63, 3.8) is 0 Å². The molecular weight excluding hydrogens is 295 g/mol. The molecule has 0 spiro atoms. The fourth-order valence-corrected chi connectivity index (χ4v) is 2.79. The van der Waals surface area contributed by atoms with Crippen molar-refractivity contribution in [2.45, 2.75) is 18.7 Å². The van der Waals surface area contributed by atoms with Gasteiger partial charge in [0.05, 0.1) is 11.5 Å². The molecule has 1 aromatic carbocycles. The van der Waals surface area contributed by atoms with Gasteiger partial charge < -0.3 is 4.74 Å². The van der Waals surface area contributed by atoms with Crippen molar-refractivity contribution < 1.29 is 17.5 Å². The van der Waals surface area contributed by atoms with Crippen molar-refractivity contribution in [1.82, 2.24) is 4.98 Å². The molecule has 0 aliphatic rings. The molecule has 0 aliphatic heterocycles. The maximum Gasteiger partial charge on any atom is 0.263 e. The molecule has 2 rings (SSSR count). The van der Waals surface area contributed by atoms with Crippen molar-refractivity contribution >= 4 is 15.8 Å². The number of hydrogen-bond acceptors (Lipinski definition) is 4. The minimum absolute atomic E-state index is 0.0857. The highest BCUT2D eigenvalue weighted by molar-refractivity contribution is 7.92. The van der Waals surface area contributed by atoms with Crippen molar-refractivity contribution in [2.75, 3.05) is 11.3 Å². The van der Waals surface area contributed by atoms with E-state index in [-0.39, 0.29) is 23.1 Å². The van der Waals surface area contributed by atoms with E-state index in [4.69, 9.17) is 4.74 Å². The van der Waals surface area contributed by atoms with Gasteiger partial charge in [-0.15, -0.1) is 0 Å². The third kappa shape index (κ3) is 3.49. The van der Waals surface area contributed by atoms with Gasteiger partial charge in [0.25, 0.3) is 10.0 Å². The Balaban J connectivity index is 2.36. The molecule has 2 aromatic rings. The Morgan fingerprint density at radius 1 is 1.33 bits per heavy atom. The summed E-state index contributed by atoms with van der Waals surface area (Å²) in [4.78, 5) is 3.88. The smallest absolute Gasteiger partial charge is 0.263 e. The number of benzene rings is 1. The molecule has 5 nitrogen and oxygen atoms in total. The third-order valence-electron chi connectivity index (χ3n) is 2.75. The summed E-state index contributed by atoms with van der Waals surface area (Å²) in [5.74, 6) is -0.470. The average Bonchev–Trinajstić information content (AvgIpc) is 2.44.